The largest absolute Gasteiger partial charge is 1.00 e. The molecule has 2 aromatic rings. The maximum Gasteiger partial charge on any atom is 0.209 e. The van der Waals surface area contributed by atoms with E-state index in [0.29, 0.717) is 46.2 Å². The van der Waals surface area contributed by atoms with Crippen molar-refractivity contribution in [2.45, 2.75) is 38.5 Å². The predicted octanol–water partition coefficient (Wildman–Crippen LogP) is 3.29. The molecule has 0 aromatic heterocycles. The number of rotatable bonds is 14. The zero-order chi connectivity index (χ0) is 28.6. The molecule has 2 aliphatic heterocycles. The smallest absolute Gasteiger partial charge is 0.209 e. The number of para-hydroxylation sites is 2. The highest BCUT2D eigenvalue weighted by Gasteiger charge is 2.43. The Morgan fingerprint density at radius 2 is 1.46 bits per heavy atom. The minimum atomic E-state index is -0.118. The maximum absolute atomic E-state index is 8.25. The van der Waals surface area contributed by atoms with E-state index in [1.54, 1.807) is 0 Å². The van der Waals surface area contributed by atoms with Crippen molar-refractivity contribution in [3.63, 3.8) is 0 Å². The lowest BCUT2D eigenvalue weighted by molar-refractivity contribution is -0.401. The van der Waals surface area contributed by atoms with Crippen molar-refractivity contribution in [2.75, 3.05) is 64.7 Å². The predicted molar refractivity (Wildman–Crippen MR) is 161 cm³/mol. The molecule has 0 bridgehead atoms. The molecule has 2 aliphatic rings. The molecule has 0 aliphatic carbocycles. The minimum Gasteiger partial charge on any atom is -1.00 e. The number of azide groups is 1. The number of benzene rings is 2. The topological polar surface area (TPSA) is 82.7 Å². The average molecular weight is 580 g/mol. The van der Waals surface area contributed by atoms with Crippen molar-refractivity contribution >= 4 is 17.1 Å². The lowest BCUT2D eigenvalue weighted by atomic mass is 9.81. The number of nitrogens with zero attached hydrogens (tertiary/aromatic N) is 5. The van der Waals surface area contributed by atoms with Crippen molar-refractivity contribution in [3.8, 4) is 0 Å². The Hall–Kier alpha value is -3.13. The Morgan fingerprint density at radius 1 is 0.854 bits per heavy atom. The molecular weight excluding hydrogens is 538 g/mol. The van der Waals surface area contributed by atoms with E-state index < -0.39 is 0 Å². The number of allylic oxidation sites excluding steroid dienone is 4. The monoisotopic (exact) mass is 579 g/mol. The third-order valence-electron chi connectivity index (χ3n) is 7.85. The molecule has 41 heavy (non-hydrogen) atoms. The number of ether oxygens (including phenoxy) is 3. The molecule has 0 spiro atoms. The van der Waals surface area contributed by atoms with Gasteiger partial charge in [0.25, 0.3) is 0 Å². The van der Waals surface area contributed by atoms with Gasteiger partial charge in [-0.1, -0.05) is 61.4 Å². The van der Waals surface area contributed by atoms with E-state index in [1.165, 1.54) is 33.9 Å². The van der Waals surface area contributed by atoms with Crippen LogP contribution in [0.25, 0.3) is 10.4 Å². The van der Waals surface area contributed by atoms with E-state index in [9.17, 15) is 0 Å². The van der Waals surface area contributed by atoms with Crippen LogP contribution in [0.15, 0.2) is 77.6 Å². The van der Waals surface area contributed by atoms with Crippen LogP contribution in [0.5, 0.6) is 0 Å². The second-order valence-corrected chi connectivity index (χ2v) is 11.1. The summed E-state index contributed by atoms with van der Waals surface area (Å²) in [7, 11) is 2.15. The molecular formula is C32H42ClN5O3. The third-order valence-corrected chi connectivity index (χ3v) is 7.85. The summed E-state index contributed by atoms with van der Waals surface area (Å²) in [4.78, 5) is 5.09. The summed E-state index contributed by atoms with van der Waals surface area (Å²) >= 11 is 0. The lowest BCUT2D eigenvalue weighted by Gasteiger charge is -2.27. The molecule has 2 heterocycles. The van der Waals surface area contributed by atoms with Gasteiger partial charge in [0, 0.05) is 52.5 Å². The number of hydrogen-bond donors (Lipinski definition) is 0. The highest BCUT2D eigenvalue weighted by Crippen LogP contribution is 2.47. The summed E-state index contributed by atoms with van der Waals surface area (Å²) in [6.07, 6.45) is 6.74. The first kappa shape index (κ1) is 32.4. The minimum absolute atomic E-state index is 0. The van der Waals surface area contributed by atoms with Crippen LogP contribution in [-0.4, -0.2) is 70.1 Å². The summed E-state index contributed by atoms with van der Waals surface area (Å²) in [5.41, 5.74) is 15.8. The Kier molecular flexibility index (Phi) is 11.6. The Balaban J connectivity index is 0.00000462. The molecule has 0 fully saturated rings. The van der Waals surface area contributed by atoms with Gasteiger partial charge in [-0.2, -0.15) is 4.58 Å². The van der Waals surface area contributed by atoms with Crippen LogP contribution < -0.4 is 17.3 Å². The normalized spacial score (nSPS) is 17.5. The fraction of sp³-hybridized carbons (Fsp3) is 0.469. The van der Waals surface area contributed by atoms with Crippen LogP contribution in [0, 0.1) is 0 Å². The van der Waals surface area contributed by atoms with Crippen molar-refractivity contribution < 1.29 is 31.2 Å². The molecule has 0 amide bonds. The Labute approximate surface area is 250 Å². The zero-order valence-corrected chi connectivity index (χ0v) is 25.6. The van der Waals surface area contributed by atoms with Crippen molar-refractivity contribution in [1.82, 2.24) is 0 Å². The van der Waals surface area contributed by atoms with Gasteiger partial charge in [-0.15, -0.1) is 0 Å². The first-order chi connectivity index (χ1) is 19.3. The van der Waals surface area contributed by atoms with Gasteiger partial charge in [-0.3, -0.25) is 0 Å². The van der Waals surface area contributed by atoms with Crippen molar-refractivity contribution in [1.29, 1.82) is 0 Å². The van der Waals surface area contributed by atoms with Gasteiger partial charge in [-0.05, 0) is 37.1 Å². The highest BCUT2D eigenvalue weighted by atomic mass is 35.5. The standard InChI is InChI=1S/C32H42N5O3.ClH/c1-31(2)25-11-6-8-13-27(25)36(5)29(31)15-10-16-30-32(3,4)26-12-7-9-14-28(26)37(30)18-20-39-22-24-40-23-21-38-19-17-34-35-33;/h6-16H,17-24H2,1-5H3;1H/q+1;/p-1. The average Bonchev–Trinajstić information content (AvgIpc) is 3.28. The first-order valence-corrected chi connectivity index (χ1v) is 14.0. The molecule has 220 valence electrons. The van der Waals surface area contributed by atoms with E-state index in [0.717, 1.165) is 6.54 Å². The van der Waals surface area contributed by atoms with E-state index in [4.69, 9.17) is 19.7 Å². The summed E-state index contributed by atoms with van der Waals surface area (Å²) in [6, 6.07) is 17.3. The number of halogens is 1. The zero-order valence-electron chi connectivity index (χ0n) is 24.8. The van der Waals surface area contributed by atoms with Crippen molar-refractivity contribution in [3.05, 3.63) is 94.0 Å². The van der Waals surface area contributed by atoms with E-state index >= 15 is 0 Å². The van der Waals surface area contributed by atoms with Crippen LogP contribution in [0.3, 0.4) is 0 Å². The van der Waals surface area contributed by atoms with Gasteiger partial charge in [-0.25, -0.2) is 0 Å². The molecule has 0 saturated heterocycles. The quantitative estimate of drug-likeness (QED) is 0.113. The van der Waals surface area contributed by atoms with E-state index in [2.05, 4.69) is 121 Å². The van der Waals surface area contributed by atoms with Gasteiger partial charge >= 0.3 is 0 Å². The molecule has 0 saturated carbocycles. The second-order valence-electron chi connectivity index (χ2n) is 11.1. The van der Waals surface area contributed by atoms with Crippen LogP contribution in [0.1, 0.15) is 38.8 Å². The summed E-state index contributed by atoms with van der Waals surface area (Å²) < 4.78 is 19.2. The molecule has 0 unspecified atom stereocenters. The van der Waals surface area contributed by atoms with Gasteiger partial charge in [0.15, 0.2) is 5.71 Å². The Morgan fingerprint density at radius 3 is 2.15 bits per heavy atom. The van der Waals surface area contributed by atoms with Gasteiger partial charge in [0.1, 0.15) is 7.05 Å². The molecule has 8 nitrogen and oxygen atoms in total. The maximum atomic E-state index is 8.25. The van der Waals surface area contributed by atoms with Crippen LogP contribution >= 0.6 is 0 Å². The van der Waals surface area contributed by atoms with E-state index in [1.807, 2.05) is 0 Å². The SMILES string of the molecule is C[N+]1=C(/C=C/C=C2/N(CCOCCOCCOCCN=[N+]=[N-])c3ccccc3C2(C)C)C(C)(C)c2ccccc21.[Cl-]. The number of fused-ring (bicyclic) bond motifs is 2. The summed E-state index contributed by atoms with van der Waals surface area (Å²) in [5, 5.41) is 3.43. The second kappa shape index (κ2) is 14.7. The Bertz CT molecular complexity index is 1330. The molecule has 0 N–H and O–H groups in total. The fourth-order valence-electron chi connectivity index (χ4n) is 5.76. The summed E-state index contributed by atoms with van der Waals surface area (Å²) in [6.45, 7) is 13.3. The molecule has 0 atom stereocenters. The third kappa shape index (κ3) is 7.21. The van der Waals surface area contributed by atoms with Crippen molar-refractivity contribution in [2.24, 2.45) is 5.11 Å². The van der Waals surface area contributed by atoms with Gasteiger partial charge in [0.2, 0.25) is 5.69 Å². The van der Waals surface area contributed by atoms with Crippen LogP contribution in [0.2, 0.25) is 0 Å². The molecule has 9 heteroatoms. The number of hydrogen-bond acceptors (Lipinski definition) is 5. The lowest BCUT2D eigenvalue weighted by Crippen LogP contribution is -3.00. The molecule has 2 aromatic carbocycles. The highest BCUT2D eigenvalue weighted by molar-refractivity contribution is 6.03. The van der Waals surface area contributed by atoms with Gasteiger partial charge in [0.05, 0.1) is 45.1 Å². The number of anilines is 1. The van der Waals surface area contributed by atoms with Crippen LogP contribution in [-0.2, 0) is 25.0 Å². The van der Waals surface area contributed by atoms with Crippen LogP contribution in [0.4, 0.5) is 11.4 Å². The molecule has 4 rings (SSSR count). The first-order valence-electron chi connectivity index (χ1n) is 14.0. The van der Waals surface area contributed by atoms with Gasteiger partial charge < -0.3 is 31.5 Å². The van der Waals surface area contributed by atoms with E-state index in [-0.39, 0.29) is 23.2 Å². The summed E-state index contributed by atoms with van der Waals surface area (Å²) in [5.74, 6) is 0. The molecule has 0 radical (unpaired) electrons. The fourth-order valence-corrected chi connectivity index (χ4v) is 5.76.